The molecule has 5 rings (SSSR count). The zero-order valence-corrected chi connectivity index (χ0v) is 25.2. The number of aryl methyl sites for hydroxylation is 2. The molecule has 4 nitrogen and oxygen atoms in total. The fraction of sp³-hybridized carbons (Fsp3) is 0.200. The van der Waals surface area contributed by atoms with Crippen molar-refractivity contribution in [3.63, 3.8) is 0 Å². The maximum absolute atomic E-state index is 13.3. The first-order valence-corrected chi connectivity index (χ1v) is 15.2. The van der Waals surface area contributed by atoms with E-state index in [0.717, 1.165) is 19.5 Å². The van der Waals surface area contributed by atoms with Crippen LogP contribution in [0.4, 0.5) is 0 Å². The Hall–Kier alpha value is -3.04. The zero-order chi connectivity index (χ0) is 27.1. The molecule has 0 radical (unpaired) electrons. The fourth-order valence-electron chi connectivity index (χ4n) is 4.67. The average Bonchev–Trinajstić information content (AvgIpc) is 3.71. The van der Waals surface area contributed by atoms with Crippen molar-refractivity contribution in [2.75, 3.05) is 14.2 Å². The van der Waals surface area contributed by atoms with Gasteiger partial charge < -0.3 is 9.47 Å². The Morgan fingerprint density at radius 2 is 0.816 bits per heavy atom. The summed E-state index contributed by atoms with van der Waals surface area (Å²) < 4.78 is 10.6. The van der Waals surface area contributed by atoms with Crippen molar-refractivity contribution >= 4 is 57.3 Å². The Balaban J connectivity index is 1.76. The van der Waals surface area contributed by atoms with Crippen molar-refractivity contribution in [3.05, 3.63) is 80.5 Å². The Morgan fingerprint density at radius 1 is 0.500 bits per heavy atom. The second-order valence-corrected chi connectivity index (χ2v) is 13.6. The molecule has 38 heavy (non-hydrogen) atoms. The minimum atomic E-state index is -0.425. The van der Waals surface area contributed by atoms with Gasteiger partial charge in [-0.2, -0.15) is 0 Å². The first kappa shape index (κ1) is 26.6. The maximum atomic E-state index is 13.3. The second kappa shape index (κ2) is 10.6. The van der Waals surface area contributed by atoms with Gasteiger partial charge in [-0.25, -0.2) is 9.59 Å². The summed E-state index contributed by atoms with van der Waals surface area (Å²) in [5, 5.41) is 0. The minimum Gasteiger partial charge on any atom is -0.465 e. The Kier molecular flexibility index (Phi) is 7.42. The van der Waals surface area contributed by atoms with Crippen molar-refractivity contribution in [2.24, 2.45) is 0 Å². The molecule has 4 heterocycles. The van der Waals surface area contributed by atoms with Crippen LogP contribution in [0.25, 0.3) is 40.4 Å². The Labute approximate surface area is 238 Å². The van der Waals surface area contributed by atoms with Crippen molar-refractivity contribution in [2.45, 2.75) is 27.7 Å². The van der Waals surface area contributed by atoms with E-state index in [4.69, 9.17) is 9.47 Å². The first-order valence-electron chi connectivity index (χ1n) is 11.9. The highest BCUT2D eigenvalue weighted by Crippen LogP contribution is 2.47. The van der Waals surface area contributed by atoms with Gasteiger partial charge in [-0.05, 0) is 87.4 Å². The average molecular weight is 579 g/mol. The molecule has 8 heteroatoms. The second-order valence-electron chi connectivity index (χ2n) is 8.88. The highest BCUT2D eigenvalue weighted by atomic mass is 32.1. The number of methoxy groups -OCH3 is 2. The molecule has 0 fully saturated rings. The van der Waals surface area contributed by atoms with Crippen LogP contribution in [0.2, 0.25) is 0 Å². The van der Waals surface area contributed by atoms with E-state index in [2.05, 4.69) is 50.2 Å². The van der Waals surface area contributed by atoms with E-state index in [9.17, 15) is 9.59 Å². The summed E-state index contributed by atoms with van der Waals surface area (Å²) in [4.78, 5) is 35.5. The monoisotopic (exact) mass is 578 g/mol. The van der Waals surface area contributed by atoms with Crippen molar-refractivity contribution in [1.29, 1.82) is 0 Å². The van der Waals surface area contributed by atoms with E-state index in [-0.39, 0.29) is 0 Å². The summed E-state index contributed by atoms with van der Waals surface area (Å²) in [5.74, 6) is -0.850. The molecule has 0 aliphatic rings. The quantitative estimate of drug-likeness (QED) is 0.188. The van der Waals surface area contributed by atoms with Gasteiger partial charge in [-0.15, -0.1) is 45.3 Å². The van der Waals surface area contributed by atoms with E-state index < -0.39 is 11.9 Å². The van der Waals surface area contributed by atoms with Crippen LogP contribution in [-0.4, -0.2) is 26.2 Å². The molecule has 0 atom stereocenters. The standard InChI is InChI=1S/C30H26O4S4/c1-15-7-9-19(35-15)21-11-13-23(37-21)25-17(3)28(30(32)34-6)26(18(4)27(25)29(31)33-5)24-14-12-22(38-24)20-10-8-16(2)36-20/h7-14H,1-6H3. The molecule has 0 N–H and O–H groups in total. The summed E-state index contributed by atoms with van der Waals surface area (Å²) in [7, 11) is 2.79. The number of hydrogen-bond donors (Lipinski definition) is 0. The third-order valence-corrected chi connectivity index (χ3v) is 11.0. The number of thiophene rings is 4. The topological polar surface area (TPSA) is 52.6 Å². The van der Waals surface area contributed by atoms with Gasteiger partial charge in [0, 0.05) is 50.1 Å². The number of rotatable bonds is 6. The van der Waals surface area contributed by atoms with Crippen LogP contribution in [-0.2, 0) is 9.47 Å². The summed E-state index contributed by atoms with van der Waals surface area (Å²) >= 11 is 6.67. The number of carbonyl (C=O) groups is 2. The van der Waals surface area contributed by atoms with Gasteiger partial charge in [0.1, 0.15) is 0 Å². The smallest absolute Gasteiger partial charge is 0.338 e. The van der Waals surface area contributed by atoms with Gasteiger partial charge in [0.25, 0.3) is 0 Å². The van der Waals surface area contributed by atoms with Crippen LogP contribution in [0.1, 0.15) is 41.6 Å². The fourth-order valence-corrected chi connectivity index (χ4v) is 8.82. The lowest BCUT2D eigenvalue weighted by Gasteiger charge is -2.21. The summed E-state index contributed by atoms with van der Waals surface area (Å²) in [6.07, 6.45) is 0. The lowest BCUT2D eigenvalue weighted by molar-refractivity contribution is 0.0586. The molecular weight excluding hydrogens is 553 g/mol. The molecule has 194 valence electrons. The lowest BCUT2D eigenvalue weighted by atomic mass is 9.86. The molecule has 0 amide bonds. The molecule has 0 bridgehead atoms. The zero-order valence-electron chi connectivity index (χ0n) is 21.9. The van der Waals surface area contributed by atoms with Crippen molar-refractivity contribution in [1.82, 2.24) is 0 Å². The van der Waals surface area contributed by atoms with E-state index in [1.54, 1.807) is 45.3 Å². The van der Waals surface area contributed by atoms with E-state index in [1.807, 2.05) is 26.0 Å². The highest BCUT2D eigenvalue weighted by Gasteiger charge is 2.30. The maximum Gasteiger partial charge on any atom is 0.338 e. The third kappa shape index (κ3) is 4.66. The van der Waals surface area contributed by atoms with Crippen LogP contribution in [0.15, 0.2) is 48.5 Å². The summed E-state index contributed by atoms with van der Waals surface area (Å²) in [6, 6.07) is 16.6. The Bertz CT molecular complexity index is 1550. The SMILES string of the molecule is COC(=O)c1c(C)c(-c2ccc(-c3ccc(C)s3)s2)c(C(=O)OC)c(C)c1-c1ccc(-c2ccc(C)s2)s1. The molecule has 0 spiro atoms. The molecule has 0 unspecified atom stereocenters. The van der Waals surface area contributed by atoms with Crippen molar-refractivity contribution < 1.29 is 19.1 Å². The van der Waals surface area contributed by atoms with Crippen molar-refractivity contribution in [3.8, 4) is 40.4 Å². The highest BCUT2D eigenvalue weighted by molar-refractivity contribution is 7.24. The molecular formula is C30H26O4S4. The number of ether oxygens (including phenoxy) is 2. The normalized spacial score (nSPS) is 11.1. The van der Waals surface area contributed by atoms with E-state index in [1.165, 1.54) is 33.7 Å². The van der Waals surface area contributed by atoms with Gasteiger partial charge in [-0.1, -0.05) is 0 Å². The molecule has 1 aromatic carbocycles. The van der Waals surface area contributed by atoms with Gasteiger partial charge in [0.2, 0.25) is 0 Å². The van der Waals surface area contributed by atoms with E-state index in [0.29, 0.717) is 33.4 Å². The first-order chi connectivity index (χ1) is 18.2. The summed E-state index contributed by atoms with van der Waals surface area (Å²) in [6.45, 7) is 7.95. The number of hydrogen-bond acceptors (Lipinski definition) is 8. The van der Waals surface area contributed by atoms with Crippen LogP contribution >= 0.6 is 45.3 Å². The van der Waals surface area contributed by atoms with Gasteiger partial charge in [0.05, 0.1) is 25.3 Å². The number of carbonyl (C=O) groups excluding carboxylic acids is 2. The molecule has 4 aromatic heterocycles. The molecule has 0 saturated carbocycles. The molecule has 0 aliphatic heterocycles. The third-order valence-electron chi connectivity index (χ3n) is 6.45. The van der Waals surface area contributed by atoms with E-state index >= 15 is 0 Å². The van der Waals surface area contributed by atoms with Gasteiger partial charge in [-0.3, -0.25) is 0 Å². The van der Waals surface area contributed by atoms with Gasteiger partial charge >= 0.3 is 11.9 Å². The largest absolute Gasteiger partial charge is 0.465 e. The molecule has 0 aliphatic carbocycles. The predicted octanol–water partition coefficient (Wildman–Crippen LogP) is 9.41. The summed E-state index contributed by atoms with van der Waals surface area (Å²) in [5.41, 5.74) is 3.80. The minimum absolute atomic E-state index is 0.425. The number of esters is 2. The predicted molar refractivity (Wildman–Crippen MR) is 161 cm³/mol. The lowest BCUT2D eigenvalue weighted by Crippen LogP contribution is -2.14. The molecule has 0 saturated heterocycles. The Morgan fingerprint density at radius 3 is 1.13 bits per heavy atom. The van der Waals surface area contributed by atoms with Crippen LogP contribution in [0, 0.1) is 27.7 Å². The van der Waals surface area contributed by atoms with Crippen LogP contribution < -0.4 is 0 Å². The number of benzene rings is 1. The molecule has 5 aromatic rings. The van der Waals surface area contributed by atoms with Crippen LogP contribution in [0.3, 0.4) is 0 Å². The van der Waals surface area contributed by atoms with Crippen LogP contribution in [0.5, 0.6) is 0 Å². The van der Waals surface area contributed by atoms with Gasteiger partial charge in [0.15, 0.2) is 0 Å².